The third-order valence-electron chi connectivity index (χ3n) is 2.49. The van der Waals surface area contributed by atoms with Crippen molar-refractivity contribution >= 4 is 11.9 Å². The number of nitrogens with two attached hydrogens (primary N) is 1. The summed E-state index contributed by atoms with van der Waals surface area (Å²) in [6.45, 7) is 5.37. The molecule has 0 bridgehead atoms. The lowest BCUT2D eigenvalue weighted by Gasteiger charge is -2.30. The van der Waals surface area contributed by atoms with Gasteiger partial charge in [-0.15, -0.1) is 0 Å². The fourth-order valence-corrected chi connectivity index (χ4v) is 1.52. The number of carbonyl (C=O) groups is 1. The van der Waals surface area contributed by atoms with Crippen LogP contribution >= 0.6 is 0 Å². The van der Waals surface area contributed by atoms with Gasteiger partial charge in [0, 0.05) is 13.7 Å². The Labute approximate surface area is 114 Å². The standard InChI is InChI=1S/C12H25N3O4/c1-12(2,3)19-11(17)15(4)9(10(13)14-18)7-5-6-8-16/h9,16,18H,5-8H2,1-4H3,(H2,13,14). The van der Waals surface area contributed by atoms with Crippen LogP contribution in [0.3, 0.4) is 0 Å². The molecule has 7 nitrogen and oxygen atoms in total. The summed E-state index contributed by atoms with van der Waals surface area (Å²) in [5, 5.41) is 20.5. The average Bonchev–Trinajstić information content (AvgIpc) is 2.31. The van der Waals surface area contributed by atoms with E-state index in [0.717, 1.165) is 0 Å². The number of ether oxygens (including phenoxy) is 1. The summed E-state index contributed by atoms with van der Waals surface area (Å²) in [6, 6.07) is -0.550. The Morgan fingerprint density at radius 1 is 1.42 bits per heavy atom. The van der Waals surface area contributed by atoms with Crippen LogP contribution in [0.5, 0.6) is 0 Å². The molecule has 0 heterocycles. The van der Waals surface area contributed by atoms with Crippen LogP contribution in [0.25, 0.3) is 0 Å². The minimum absolute atomic E-state index is 0.0497. The number of carbonyl (C=O) groups excluding carboxylic acids is 1. The normalized spacial score (nSPS) is 14.1. The van der Waals surface area contributed by atoms with Gasteiger partial charge in [-0.05, 0) is 40.0 Å². The first-order chi connectivity index (χ1) is 8.72. The maximum atomic E-state index is 11.9. The molecule has 0 aromatic rings. The molecular weight excluding hydrogens is 250 g/mol. The van der Waals surface area contributed by atoms with Crippen molar-refractivity contribution in [3.05, 3.63) is 0 Å². The molecule has 1 amide bonds. The van der Waals surface area contributed by atoms with E-state index in [1.54, 1.807) is 20.8 Å². The lowest BCUT2D eigenvalue weighted by atomic mass is 10.1. The number of aliphatic hydroxyl groups is 1. The molecule has 0 rings (SSSR count). The molecule has 0 fully saturated rings. The van der Waals surface area contributed by atoms with Crippen LogP contribution in [-0.4, -0.2) is 52.4 Å². The lowest BCUT2D eigenvalue weighted by Crippen LogP contribution is -2.47. The Morgan fingerprint density at radius 2 is 2.00 bits per heavy atom. The van der Waals surface area contributed by atoms with Gasteiger partial charge in [-0.3, -0.25) is 0 Å². The summed E-state index contributed by atoms with van der Waals surface area (Å²) in [4.78, 5) is 13.2. The zero-order valence-electron chi connectivity index (χ0n) is 12.1. The molecule has 7 heteroatoms. The number of likely N-dealkylation sites (N-methyl/N-ethyl adjacent to an activating group) is 1. The van der Waals surface area contributed by atoms with Crippen LogP contribution in [0, 0.1) is 0 Å². The average molecular weight is 275 g/mol. The number of oxime groups is 1. The Kier molecular flexibility index (Phi) is 7.21. The highest BCUT2D eigenvalue weighted by atomic mass is 16.6. The quantitative estimate of drug-likeness (QED) is 0.221. The van der Waals surface area contributed by atoms with Gasteiger partial charge in [0.15, 0.2) is 5.84 Å². The first-order valence-corrected chi connectivity index (χ1v) is 6.27. The molecule has 0 aliphatic heterocycles. The zero-order valence-corrected chi connectivity index (χ0v) is 12.1. The summed E-state index contributed by atoms with van der Waals surface area (Å²) < 4.78 is 5.23. The van der Waals surface area contributed by atoms with Crippen molar-refractivity contribution in [2.45, 2.75) is 51.7 Å². The number of unbranched alkanes of at least 4 members (excludes halogenated alkanes) is 1. The van der Waals surface area contributed by atoms with Crippen molar-refractivity contribution in [1.82, 2.24) is 4.90 Å². The summed E-state index contributed by atoms with van der Waals surface area (Å²) in [6.07, 6.45) is 1.21. The molecule has 0 spiro atoms. The molecule has 112 valence electrons. The molecule has 0 aromatic heterocycles. The van der Waals surface area contributed by atoms with Gasteiger partial charge in [0.05, 0.1) is 6.04 Å². The van der Waals surface area contributed by atoms with Gasteiger partial charge >= 0.3 is 6.09 Å². The molecule has 4 N–H and O–H groups in total. The SMILES string of the molecule is CN(C(=O)OC(C)(C)C)C(CCCCO)/C(N)=N\O. The van der Waals surface area contributed by atoms with Gasteiger partial charge in [0.2, 0.25) is 0 Å². The van der Waals surface area contributed by atoms with Gasteiger partial charge < -0.3 is 25.7 Å². The molecular formula is C12H25N3O4. The maximum absolute atomic E-state index is 11.9. The van der Waals surface area contributed by atoms with Crippen molar-refractivity contribution in [1.29, 1.82) is 0 Å². The molecule has 0 aliphatic rings. The van der Waals surface area contributed by atoms with E-state index >= 15 is 0 Å². The molecule has 1 unspecified atom stereocenters. The Morgan fingerprint density at radius 3 is 2.42 bits per heavy atom. The fraction of sp³-hybridized carbons (Fsp3) is 0.833. The monoisotopic (exact) mass is 275 g/mol. The summed E-state index contributed by atoms with van der Waals surface area (Å²) in [7, 11) is 1.54. The van der Waals surface area contributed by atoms with Gasteiger partial charge in [-0.1, -0.05) is 5.16 Å². The smallest absolute Gasteiger partial charge is 0.410 e. The van der Waals surface area contributed by atoms with Gasteiger partial charge in [-0.25, -0.2) is 4.79 Å². The van der Waals surface area contributed by atoms with Crippen LogP contribution < -0.4 is 5.73 Å². The predicted octanol–water partition coefficient (Wildman–Crippen LogP) is 1.13. The van der Waals surface area contributed by atoms with E-state index < -0.39 is 17.7 Å². The van der Waals surface area contributed by atoms with Crippen LogP contribution in [-0.2, 0) is 4.74 Å². The van der Waals surface area contributed by atoms with E-state index in [1.165, 1.54) is 11.9 Å². The first kappa shape index (κ1) is 17.5. The Bertz CT molecular complexity index is 313. The van der Waals surface area contributed by atoms with Crippen molar-refractivity contribution in [3.63, 3.8) is 0 Å². The van der Waals surface area contributed by atoms with Crippen molar-refractivity contribution in [3.8, 4) is 0 Å². The predicted molar refractivity (Wildman–Crippen MR) is 72.1 cm³/mol. The van der Waals surface area contributed by atoms with E-state index in [0.29, 0.717) is 19.3 Å². The van der Waals surface area contributed by atoms with Crippen molar-refractivity contribution in [2.24, 2.45) is 10.9 Å². The van der Waals surface area contributed by atoms with Crippen LogP contribution in [0.1, 0.15) is 40.0 Å². The van der Waals surface area contributed by atoms with Crippen LogP contribution in [0.4, 0.5) is 4.79 Å². The lowest BCUT2D eigenvalue weighted by molar-refractivity contribution is 0.0258. The summed E-state index contributed by atoms with van der Waals surface area (Å²) in [5.74, 6) is -0.0497. The largest absolute Gasteiger partial charge is 0.444 e. The molecule has 0 saturated carbocycles. The zero-order chi connectivity index (χ0) is 15.1. The third kappa shape index (κ3) is 6.85. The minimum atomic E-state index is -0.605. The second-order valence-corrected chi connectivity index (χ2v) is 5.35. The fourth-order valence-electron chi connectivity index (χ4n) is 1.52. The molecule has 0 saturated heterocycles. The second kappa shape index (κ2) is 7.83. The van der Waals surface area contributed by atoms with E-state index in [1.807, 2.05) is 0 Å². The van der Waals surface area contributed by atoms with Crippen molar-refractivity contribution < 1.29 is 19.8 Å². The minimum Gasteiger partial charge on any atom is -0.444 e. The van der Waals surface area contributed by atoms with Gasteiger partial charge in [0.1, 0.15) is 5.60 Å². The van der Waals surface area contributed by atoms with Crippen LogP contribution in [0.15, 0.2) is 5.16 Å². The molecule has 19 heavy (non-hydrogen) atoms. The summed E-state index contributed by atoms with van der Waals surface area (Å²) in [5.41, 5.74) is 4.98. The highest BCUT2D eigenvalue weighted by Crippen LogP contribution is 2.14. The van der Waals surface area contributed by atoms with Crippen LogP contribution in [0.2, 0.25) is 0 Å². The number of rotatable bonds is 6. The first-order valence-electron chi connectivity index (χ1n) is 6.27. The molecule has 0 radical (unpaired) electrons. The summed E-state index contributed by atoms with van der Waals surface area (Å²) >= 11 is 0. The van der Waals surface area contributed by atoms with Gasteiger partial charge in [0.25, 0.3) is 0 Å². The van der Waals surface area contributed by atoms with Crippen molar-refractivity contribution in [2.75, 3.05) is 13.7 Å². The highest BCUT2D eigenvalue weighted by molar-refractivity contribution is 5.88. The van der Waals surface area contributed by atoms with E-state index in [-0.39, 0.29) is 12.4 Å². The number of hydrogen-bond acceptors (Lipinski definition) is 5. The second-order valence-electron chi connectivity index (χ2n) is 5.35. The number of aliphatic hydroxyl groups excluding tert-OH is 1. The van der Waals surface area contributed by atoms with E-state index in [9.17, 15) is 4.79 Å². The molecule has 0 aliphatic carbocycles. The molecule has 1 atom stereocenters. The third-order valence-corrected chi connectivity index (χ3v) is 2.49. The maximum Gasteiger partial charge on any atom is 0.410 e. The Balaban J connectivity index is 4.70. The topological polar surface area (TPSA) is 108 Å². The highest BCUT2D eigenvalue weighted by Gasteiger charge is 2.27. The number of amides is 1. The van der Waals surface area contributed by atoms with E-state index in [4.69, 9.17) is 20.8 Å². The number of amidine groups is 1. The Hall–Kier alpha value is -1.50. The number of nitrogens with zero attached hydrogens (tertiary/aromatic N) is 2. The molecule has 0 aromatic carbocycles. The van der Waals surface area contributed by atoms with E-state index in [2.05, 4.69) is 5.16 Å². The van der Waals surface area contributed by atoms with Gasteiger partial charge in [-0.2, -0.15) is 0 Å². The number of hydrogen-bond donors (Lipinski definition) is 3.